The minimum atomic E-state index is 0.800. The maximum atomic E-state index is 6.11. The van der Waals surface area contributed by atoms with Crippen molar-refractivity contribution in [1.82, 2.24) is 0 Å². The van der Waals surface area contributed by atoms with Crippen LogP contribution >= 0.6 is 0 Å². The van der Waals surface area contributed by atoms with Crippen molar-refractivity contribution in [3.05, 3.63) is 36.4 Å². The summed E-state index contributed by atoms with van der Waals surface area (Å²) in [7, 11) is 0. The van der Waals surface area contributed by atoms with Crippen molar-refractivity contribution in [3.63, 3.8) is 0 Å². The third-order valence-electron chi connectivity index (χ3n) is 5.35. The Labute approximate surface area is 172 Å². The first-order valence-electron chi connectivity index (χ1n) is 11.6. The first-order valence-corrected chi connectivity index (χ1v) is 11.6. The van der Waals surface area contributed by atoms with Gasteiger partial charge in [0.1, 0.15) is 11.5 Å². The number of hydrogen-bond acceptors (Lipinski definition) is 2. The Morgan fingerprint density at radius 1 is 0.500 bits per heavy atom. The van der Waals surface area contributed by atoms with Crippen LogP contribution < -0.4 is 9.47 Å². The minimum Gasteiger partial charge on any atom is -0.493 e. The summed E-state index contributed by atoms with van der Waals surface area (Å²) in [6.45, 7) is 6.12. The fraction of sp³-hybridized carbons (Fsp3) is 0.615. The van der Waals surface area contributed by atoms with Crippen LogP contribution in [0.3, 0.4) is 0 Å². The molecule has 0 aromatic heterocycles. The van der Waals surface area contributed by atoms with Crippen LogP contribution in [-0.4, -0.2) is 13.2 Å². The lowest BCUT2D eigenvalue weighted by atomic mass is 10.1. The first-order chi connectivity index (χ1) is 13.9. The number of ether oxygens (including phenoxy) is 2. The van der Waals surface area contributed by atoms with Gasteiger partial charge in [0.2, 0.25) is 0 Å². The van der Waals surface area contributed by atoms with Gasteiger partial charge in [0.25, 0.3) is 0 Å². The molecule has 2 rings (SSSR count). The van der Waals surface area contributed by atoms with Gasteiger partial charge in [-0.05, 0) is 25.0 Å². The molecular formula is C26H40O2. The number of unbranched alkanes of at least 4 members (excludes halogenated alkanes) is 10. The standard InChI is InChI=1S/C26H40O2/c1-3-5-7-9-11-13-21-27-25-19-15-18-24-23(25)17-16-20-26(24)28-22-14-12-10-8-6-4-2/h15-20H,3-14,21-22H2,1-2H3. The van der Waals surface area contributed by atoms with Crippen molar-refractivity contribution < 1.29 is 9.47 Å². The Morgan fingerprint density at radius 3 is 1.32 bits per heavy atom. The molecule has 2 aromatic carbocycles. The van der Waals surface area contributed by atoms with E-state index in [4.69, 9.17) is 9.47 Å². The topological polar surface area (TPSA) is 18.5 Å². The molecule has 0 radical (unpaired) electrons. The molecule has 0 atom stereocenters. The summed E-state index contributed by atoms with van der Waals surface area (Å²) in [6.07, 6.45) is 15.4. The van der Waals surface area contributed by atoms with E-state index in [9.17, 15) is 0 Å². The van der Waals surface area contributed by atoms with E-state index < -0.39 is 0 Å². The summed E-state index contributed by atoms with van der Waals surface area (Å²) in [6, 6.07) is 12.6. The molecule has 0 saturated heterocycles. The van der Waals surface area contributed by atoms with E-state index in [0.717, 1.165) is 48.3 Å². The summed E-state index contributed by atoms with van der Waals surface area (Å²) in [4.78, 5) is 0. The fourth-order valence-corrected chi connectivity index (χ4v) is 3.63. The number of benzene rings is 2. The molecule has 2 aromatic rings. The maximum absolute atomic E-state index is 6.11. The van der Waals surface area contributed by atoms with Gasteiger partial charge in [-0.25, -0.2) is 0 Å². The monoisotopic (exact) mass is 384 g/mol. The zero-order chi connectivity index (χ0) is 19.9. The molecule has 0 amide bonds. The van der Waals surface area contributed by atoms with Crippen LogP contribution in [0, 0.1) is 0 Å². The largest absolute Gasteiger partial charge is 0.493 e. The maximum Gasteiger partial charge on any atom is 0.127 e. The summed E-state index contributed by atoms with van der Waals surface area (Å²) in [5.74, 6) is 1.96. The lowest BCUT2D eigenvalue weighted by Gasteiger charge is -2.13. The van der Waals surface area contributed by atoms with Crippen molar-refractivity contribution in [2.45, 2.75) is 90.9 Å². The van der Waals surface area contributed by atoms with Gasteiger partial charge >= 0.3 is 0 Å². The van der Waals surface area contributed by atoms with E-state index >= 15 is 0 Å². The molecule has 0 aliphatic rings. The number of hydrogen-bond donors (Lipinski definition) is 0. The van der Waals surface area contributed by atoms with Gasteiger partial charge in [0.15, 0.2) is 0 Å². The second-order valence-electron chi connectivity index (χ2n) is 7.84. The third-order valence-corrected chi connectivity index (χ3v) is 5.35. The fourth-order valence-electron chi connectivity index (χ4n) is 3.63. The minimum absolute atomic E-state index is 0.800. The average molecular weight is 385 g/mol. The summed E-state index contributed by atoms with van der Waals surface area (Å²) >= 11 is 0. The predicted octanol–water partition coefficient (Wildman–Crippen LogP) is 8.32. The lowest BCUT2D eigenvalue weighted by molar-refractivity contribution is 0.304. The van der Waals surface area contributed by atoms with Crippen LogP contribution in [0.4, 0.5) is 0 Å². The molecule has 0 spiro atoms. The normalized spacial score (nSPS) is 11.1. The Hall–Kier alpha value is -1.70. The van der Waals surface area contributed by atoms with Crippen molar-refractivity contribution in [2.24, 2.45) is 0 Å². The molecule has 28 heavy (non-hydrogen) atoms. The molecule has 0 heterocycles. The van der Waals surface area contributed by atoms with E-state index in [1.165, 1.54) is 64.2 Å². The van der Waals surface area contributed by atoms with Crippen molar-refractivity contribution in [1.29, 1.82) is 0 Å². The highest BCUT2D eigenvalue weighted by atomic mass is 16.5. The molecule has 0 bridgehead atoms. The Balaban J connectivity index is 1.80. The van der Waals surface area contributed by atoms with Crippen molar-refractivity contribution in [2.75, 3.05) is 13.2 Å². The van der Waals surface area contributed by atoms with Crippen molar-refractivity contribution >= 4 is 10.8 Å². The molecule has 2 nitrogen and oxygen atoms in total. The molecule has 0 aliphatic heterocycles. The molecule has 2 heteroatoms. The van der Waals surface area contributed by atoms with E-state index in [2.05, 4.69) is 50.2 Å². The van der Waals surface area contributed by atoms with Gasteiger partial charge in [0.05, 0.1) is 13.2 Å². The van der Waals surface area contributed by atoms with Crippen molar-refractivity contribution in [3.8, 4) is 11.5 Å². The second-order valence-corrected chi connectivity index (χ2v) is 7.84. The number of fused-ring (bicyclic) bond motifs is 1. The van der Waals surface area contributed by atoms with Crippen LogP contribution in [0.15, 0.2) is 36.4 Å². The molecule has 0 N–H and O–H groups in total. The van der Waals surface area contributed by atoms with Crippen LogP contribution in [0.25, 0.3) is 10.8 Å². The molecule has 0 saturated carbocycles. The van der Waals surface area contributed by atoms with Gasteiger partial charge in [-0.15, -0.1) is 0 Å². The number of rotatable bonds is 16. The van der Waals surface area contributed by atoms with Crippen LogP contribution in [-0.2, 0) is 0 Å². The van der Waals surface area contributed by atoms with Gasteiger partial charge in [-0.1, -0.05) is 102 Å². The average Bonchev–Trinajstić information content (AvgIpc) is 2.72. The zero-order valence-corrected chi connectivity index (χ0v) is 18.2. The zero-order valence-electron chi connectivity index (χ0n) is 18.2. The molecule has 0 unspecified atom stereocenters. The highest BCUT2D eigenvalue weighted by molar-refractivity contribution is 5.93. The Kier molecular flexibility index (Phi) is 11.6. The van der Waals surface area contributed by atoms with E-state index in [1.807, 2.05) is 0 Å². The van der Waals surface area contributed by atoms with E-state index in [1.54, 1.807) is 0 Å². The van der Waals surface area contributed by atoms with Gasteiger partial charge in [-0.2, -0.15) is 0 Å². The van der Waals surface area contributed by atoms with Crippen LogP contribution in [0.1, 0.15) is 90.9 Å². The van der Waals surface area contributed by atoms with E-state index in [0.29, 0.717) is 0 Å². The summed E-state index contributed by atoms with van der Waals surface area (Å²) in [5, 5.41) is 2.32. The van der Waals surface area contributed by atoms with Gasteiger partial charge in [0, 0.05) is 10.8 Å². The van der Waals surface area contributed by atoms with E-state index in [-0.39, 0.29) is 0 Å². The highest BCUT2D eigenvalue weighted by Gasteiger charge is 2.07. The molecule has 0 fully saturated rings. The predicted molar refractivity (Wildman–Crippen MR) is 122 cm³/mol. The summed E-state index contributed by atoms with van der Waals surface area (Å²) < 4.78 is 12.2. The first kappa shape index (κ1) is 22.6. The summed E-state index contributed by atoms with van der Waals surface area (Å²) in [5.41, 5.74) is 0. The third kappa shape index (κ3) is 8.12. The Morgan fingerprint density at radius 2 is 0.893 bits per heavy atom. The molecular weight excluding hydrogens is 344 g/mol. The quantitative estimate of drug-likeness (QED) is 0.271. The SMILES string of the molecule is CCCCCCCCOc1cccc2c(OCCCCCCCC)cccc12. The smallest absolute Gasteiger partial charge is 0.127 e. The lowest BCUT2D eigenvalue weighted by Crippen LogP contribution is -2.00. The second kappa shape index (κ2) is 14.3. The van der Waals surface area contributed by atoms with Crippen LogP contribution in [0.5, 0.6) is 11.5 Å². The molecule has 156 valence electrons. The van der Waals surface area contributed by atoms with Gasteiger partial charge < -0.3 is 9.47 Å². The van der Waals surface area contributed by atoms with Gasteiger partial charge in [-0.3, -0.25) is 0 Å². The Bertz CT molecular complexity index is 593. The highest BCUT2D eigenvalue weighted by Crippen LogP contribution is 2.32. The molecule has 0 aliphatic carbocycles. The van der Waals surface area contributed by atoms with Crippen LogP contribution in [0.2, 0.25) is 0 Å².